The highest BCUT2D eigenvalue weighted by Crippen LogP contribution is 2.33. The molecule has 2 N–H and O–H groups in total. The van der Waals surface area contributed by atoms with E-state index in [1.54, 1.807) is 7.11 Å². The lowest BCUT2D eigenvalue weighted by Crippen LogP contribution is -2.10. The molecule has 1 heterocycles. The van der Waals surface area contributed by atoms with Crippen molar-refractivity contribution in [2.24, 2.45) is 5.73 Å². The fourth-order valence-electron chi connectivity index (χ4n) is 1.93. The second-order valence-corrected chi connectivity index (χ2v) is 4.42. The van der Waals surface area contributed by atoms with Crippen molar-refractivity contribution >= 4 is 0 Å². The van der Waals surface area contributed by atoms with E-state index in [9.17, 15) is 0 Å². The Morgan fingerprint density at radius 3 is 3.00 bits per heavy atom. The average Bonchev–Trinajstić information content (AvgIpc) is 2.79. The minimum Gasteiger partial charge on any atom is -0.491 e. The molecule has 1 aliphatic heterocycles. The molecule has 5 heteroatoms. The van der Waals surface area contributed by atoms with Gasteiger partial charge in [-0.1, -0.05) is 0 Å². The van der Waals surface area contributed by atoms with E-state index in [-0.39, 0.29) is 6.04 Å². The molecule has 2 rings (SSSR count). The molecule has 19 heavy (non-hydrogen) atoms. The Balaban J connectivity index is 1.67. The third-order valence-corrected chi connectivity index (χ3v) is 2.94. The Labute approximate surface area is 113 Å². The molecule has 0 spiro atoms. The van der Waals surface area contributed by atoms with Crippen molar-refractivity contribution in [3.05, 3.63) is 23.8 Å². The number of methoxy groups -OCH3 is 1. The molecule has 0 amide bonds. The Morgan fingerprint density at radius 1 is 1.26 bits per heavy atom. The molecule has 0 fully saturated rings. The lowest BCUT2D eigenvalue weighted by Gasteiger charge is -2.08. The molecule has 5 nitrogen and oxygen atoms in total. The zero-order chi connectivity index (χ0) is 13.5. The fraction of sp³-hybridized carbons (Fsp3) is 0.571. The van der Waals surface area contributed by atoms with Gasteiger partial charge in [-0.05, 0) is 18.6 Å². The molecule has 0 saturated carbocycles. The Kier molecular flexibility index (Phi) is 5.44. The zero-order valence-corrected chi connectivity index (χ0v) is 11.3. The highest BCUT2D eigenvalue weighted by molar-refractivity contribution is 5.44. The molecule has 0 saturated heterocycles. The van der Waals surface area contributed by atoms with Crippen LogP contribution in [0.25, 0.3) is 0 Å². The second kappa shape index (κ2) is 7.33. The normalized spacial score (nSPS) is 17.1. The summed E-state index contributed by atoms with van der Waals surface area (Å²) in [6, 6.07) is 5.74. The molecule has 0 bridgehead atoms. The van der Waals surface area contributed by atoms with Crippen molar-refractivity contribution in [3.8, 4) is 11.5 Å². The summed E-state index contributed by atoms with van der Waals surface area (Å²) in [4.78, 5) is 0. The van der Waals surface area contributed by atoms with E-state index in [4.69, 9.17) is 24.7 Å². The van der Waals surface area contributed by atoms with Crippen LogP contribution in [0.4, 0.5) is 0 Å². The number of benzene rings is 1. The molecule has 1 atom stereocenters. The van der Waals surface area contributed by atoms with Crippen LogP contribution in [0, 0.1) is 0 Å². The highest BCUT2D eigenvalue weighted by Gasteiger charge is 2.20. The van der Waals surface area contributed by atoms with Crippen LogP contribution in [0.15, 0.2) is 18.2 Å². The fourth-order valence-corrected chi connectivity index (χ4v) is 1.93. The van der Waals surface area contributed by atoms with Gasteiger partial charge in [0.2, 0.25) is 0 Å². The molecule has 1 aromatic carbocycles. The van der Waals surface area contributed by atoms with E-state index < -0.39 is 0 Å². The van der Waals surface area contributed by atoms with E-state index in [0.29, 0.717) is 26.4 Å². The van der Waals surface area contributed by atoms with Crippen LogP contribution in [0.2, 0.25) is 0 Å². The lowest BCUT2D eigenvalue weighted by atomic mass is 10.1. The number of rotatable bonds is 8. The predicted molar refractivity (Wildman–Crippen MR) is 71.7 cm³/mol. The first-order chi connectivity index (χ1) is 9.31. The van der Waals surface area contributed by atoms with Crippen LogP contribution in [-0.2, 0) is 9.47 Å². The van der Waals surface area contributed by atoms with Crippen LogP contribution in [0.3, 0.4) is 0 Å². The van der Waals surface area contributed by atoms with Gasteiger partial charge in [-0.15, -0.1) is 0 Å². The van der Waals surface area contributed by atoms with Crippen LogP contribution >= 0.6 is 0 Å². The van der Waals surface area contributed by atoms with Crippen molar-refractivity contribution in [2.45, 2.75) is 12.5 Å². The monoisotopic (exact) mass is 267 g/mol. The predicted octanol–water partition coefficient (Wildman–Crippen LogP) is 1.51. The Hall–Kier alpha value is -1.30. The van der Waals surface area contributed by atoms with Gasteiger partial charge < -0.3 is 24.7 Å². The van der Waals surface area contributed by atoms with Gasteiger partial charge in [-0.25, -0.2) is 0 Å². The maximum absolute atomic E-state index is 5.88. The first-order valence-corrected chi connectivity index (χ1v) is 6.53. The molecule has 1 aliphatic rings. The number of fused-ring (bicyclic) bond motifs is 1. The summed E-state index contributed by atoms with van der Waals surface area (Å²) in [7, 11) is 1.69. The quantitative estimate of drug-likeness (QED) is 0.723. The van der Waals surface area contributed by atoms with Crippen LogP contribution in [0.1, 0.15) is 18.0 Å². The Bertz CT molecular complexity index is 397. The Morgan fingerprint density at radius 2 is 2.16 bits per heavy atom. The topological polar surface area (TPSA) is 62.9 Å². The average molecular weight is 267 g/mol. The van der Waals surface area contributed by atoms with Gasteiger partial charge in [-0.2, -0.15) is 0 Å². The summed E-state index contributed by atoms with van der Waals surface area (Å²) in [5, 5.41) is 0. The third-order valence-electron chi connectivity index (χ3n) is 2.94. The van der Waals surface area contributed by atoms with Gasteiger partial charge in [-0.3, -0.25) is 0 Å². The van der Waals surface area contributed by atoms with E-state index >= 15 is 0 Å². The van der Waals surface area contributed by atoms with Crippen molar-refractivity contribution in [1.29, 1.82) is 0 Å². The summed E-state index contributed by atoms with van der Waals surface area (Å²) >= 11 is 0. The molecule has 0 aliphatic carbocycles. The summed E-state index contributed by atoms with van der Waals surface area (Å²) in [6.07, 6.45) is 0.904. The van der Waals surface area contributed by atoms with Crippen molar-refractivity contribution in [2.75, 3.05) is 40.1 Å². The van der Waals surface area contributed by atoms with Crippen LogP contribution in [0.5, 0.6) is 11.5 Å². The van der Waals surface area contributed by atoms with Gasteiger partial charge >= 0.3 is 0 Å². The van der Waals surface area contributed by atoms with Gasteiger partial charge in [0.15, 0.2) is 0 Å². The van der Waals surface area contributed by atoms with Crippen molar-refractivity contribution in [1.82, 2.24) is 0 Å². The molecule has 0 aromatic heterocycles. The molecular weight excluding hydrogens is 246 g/mol. The smallest absolute Gasteiger partial charge is 0.127 e. The molecular formula is C14H21NO4. The largest absolute Gasteiger partial charge is 0.491 e. The summed E-state index contributed by atoms with van der Waals surface area (Å²) in [6.45, 7) is 3.06. The third kappa shape index (κ3) is 4.09. The molecule has 106 valence electrons. The van der Waals surface area contributed by atoms with Crippen molar-refractivity contribution in [3.63, 3.8) is 0 Å². The maximum Gasteiger partial charge on any atom is 0.127 e. The van der Waals surface area contributed by atoms with E-state index in [1.165, 1.54) is 0 Å². The van der Waals surface area contributed by atoms with Crippen LogP contribution < -0.4 is 15.2 Å². The molecule has 1 aromatic rings. The maximum atomic E-state index is 5.88. The zero-order valence-electron chi connectivity index (χ0n) is 11.3. The number of hydrogen-bond donors (Lipinski definition) is 1. The molecule has 1 unspecified atom stereocenters. The lowest BCUT2D eigenvalue weighted by molar-refractivity contribution is 0.0806. The van der Waals surface area contributed by atoms with Crippen LogP contribution in [-0.4, -0.2) is 40.1 Å². The summed E-state index contributed by atoms with van der Waals surface area (Å²) in [5.41, 5.74) is 6.92. The molecule has 0 radical (unpaired) electrons. The van der Waals surface area contributed by atoms with Crippen molar-refractivity contribution < 1.29 is 18.9 Å². The highest BCUT2D eigenvalue weighted by atomic mass is 16.5. The summed E-state index contributed by atoms with van der Waals surface area (Å²) < 4.78 is 21.4. The first-order valence-electron chi connectivity index (χ1n) is 6.53. The second-order valence-electron chi connectivity index (χ2n) is 4.42. The van der Waals surface area contributed by atoms with E-state index in [1.807, 2.05) is 18.2 Å². The minimum absolute atomic E-state index is 0.0202. The van der Waals surface area contributed by atoms with Gasteiger partial charge in [0.25, 0.3) is 0 Å². The number of nitrogens with two attached hydrogens (primary N) is 1. The number of ether oxygens (including phenoxy) is 4. The number of hydrogen-bond acceptors (Lipinski definition) is 5. The summed E-state index contributed by atoms with van der Waals surface area (Å²) in [5.74, 6) is 1.61. The van der Waals surface area contributed by atoms with E-state index in [0.717, 1.165) is 30.1 Å². The first kappa shape index (κ1) is 14.1. The minimum atomic E-state index is -0.0202. The van der Waals surface area contributed by atoms with Gasteiger partial charge in [0.1, 0.15) is 24.7 Å². The SMILES string of the molecule is COCCCOCCOc1ccc2c(c1)OCC2N. The van der Waals surface area contributed by atoms with E-state index in [2.05, 4.69) is 0 Å². The van der Waals surface area contributed by atoms with Gasteiger partial charge in [0, 0.05) is 32.0 Å². The standard InChI is InChI=1S/C14H21NO4/c1-16-5-2-6-17-7-8-18-11-3-4-12-13(15)10-19-14(12)9-11/h3-4,9,13H,2,5-8,10,15H2,1H3. The van der Waals surface area contributed by atoms with Gasteiger partial charge in [0.05, 0.1) is 12.6 Å².